The van der Waals surface area contributed by atoms with Gasteiger partial charge in [0, 0.05) is 15.4 Å². The van der Waals surface area contributed by atoms with E-state index in [0.717, 1.165) is 17.3 Å². The van der Waals surface area contributed by atoms with Crippen molar-refractivity contribution in [3.8, 4) is 0 Å². The summed E-state index contributed by atoms with van der Waals surface area (Å²) >= 11 is 3.55. The molecule has 0 saturated heterocycles. The van der Waals surface area contributed by atoms with E-state index in [-0.39, 0.29) is 11.0 Å². The average Bonchev–Trinajstić information content (AvgIpc) is 2.83. The smallest absolute Gasteiger partial charge is 0.0248 e. The van der Waals surface area contributed by atoms with Gasteiger partial charge in [-0.25, -0.2) is 0 Å². The molecule has 15 heavy (non-hydrogen) atoms. The summed E-state index contributed by atoms with van der Waals surface area (Å²) in [4.78, 5) is 0. The van der Waals surface area contributed by atoms with Crippen LogP contribution >= 0.6 is 15.9 Å². The van der Waals surface area contributed by atoms with Crippen LogP contribution in [-0.4, -0.2) is 5.54 Å². The average molecular weight is 268 g/mol. The first kappa shape index (κ1) is 11.2. The Kier molecular flexibility index (Phi) is 2.47. The predicted octanol–water partition coefficient (Wildman–Crippen LogP) is 3.53. The molecule has 0 spiro atoms. The van der Waals surface area contributed by atoms with E-state index < -0.39 is 0 Å². The molecule has 82 valence electrons. The van der Waals surface area contributed by atoms with Gasteiger partial charge in [-0.2, -0.15) is 0 Å². The number of rotatable bonds is 2. The van der Waals surface area contributed by atoms with E-state index >= 15 is 0 Å². The number of nitrogens with two attached hydrogens (primary N) is 1. The molecule has 0 atom stereocenters. The summed E-state index contributed by atoms with van der Waals surface area (Å²) in [6, 6.07) is 6.58. The van der Waals surface area contributed by atoms with E-state index in [9.17, 15) is 0 Å². The quantitative estimate of drug-likeness (QED) is 0.872. The Balaban J connectivity index is 2.44. The van der Waals surface area contributed by atoms with Crippen molar-refractivity contribution in [2.45, 2.75) is 44.6 Å². The second-order valence-corrected chi connectivity index (χ2v) is 6.21. The molecule has 1 nitrogen and oxygen atoms in total. The van der Waals surface area contributed by atoms with Gasteiger partial charge in [-0.1, -0.05) is 35.8 Å². The molecule has 0 bridgehead atoms. The lowest BCUT2D eigenvalue weighted by Gasteiger charge is -2.33. The maximum atomic E-state index is 6.34. The van der Waals surface area contributed by atoms with Gasteiger partial charge in [0.25, 0.3) is 0 Å². The third kappa shape index (κ3) is 1.85. The topological polar surface area (TPSA) is 26.0 Å². The lowest BCUT2D eigenvalue weighted by molar-refractivity contribution is 0.391. The van der Waals surface area contributed by atoms with Crippen LogP contribution < -0.4 is 5.73 Å². The van der Waals surface area contributed by atoms with E-state index in [4.69, 9.17) is 5.73 Å². The normalized spacial score (nSPS) is 19.0. The fraction of sp³-hybridized carbons (Fsp3) is 0.538. The van der Waals surface area contributed by atoms with Gasteiger partial charge in [0.2, 0.25) is 0 Å². The zero-order chi connectivity index (χ0) is 11.3. The van der Waals surface area contributed by atoms with Crippen molar-refractivity contribution in [3.63, 3.8) is 0 Å². The van der Waals surface area contributed by atoms with Gasteiger partial charge in [0.1, 0.15) is 0 Å². The molecule has 0 aromatic heterocycles. The van der Waals surface area contributed by atoms with Crippen LogP contribution in [0.4, 0.5) is 0 Å². The van der Waals surface area contributed by atoms with Crippen molar-refractivity contribution < 1.29 is 0 Å². The molecule has 1 aromatic rings. The standard InChI is InChI=1S/C13H18BrN/c1-9-6-10(8-11(14)7-9)12(2,3)13(15)4-5-13/h6-8H,4-5,15H2,1-3H3. The molecule has 1 aliphatic carbocycles. The zero-order valence-corrected chi connectivity index (χ0v) is 11.2. The summed E-state index contributed by atoms with van der Waals surface area (Å²) in [5.41, 5.74) is 9.06. The summed E-state index contributed by atoms with van der Waals surface area (Å²) in [5, 5.41) is 0. The minimum Gasteiger partial charge on any atom is -0.324 e. The van der Waals surface area contributed by atoms with Gasteiger partial charge in [-0.15, -0.1) is 0 Å². The van der Waals surface area contributed by atoms with Crippen LogP contribution in [-0.2, 0) is 5.41 Å². The largest absolute Gasteiger partial charge is 0.324 e. The summed E-state index contributed by atoms with van der Waals surface area (Å²) in [5.74, 6) is 0. The van der Waals surface area contributed by atoms with Crippen LogP contribution in [0.15, 0.2) is 22.7 Å². The van der Waals surface area contributed by atoms with Gasteiger partial charge >= 0.3 is 0 Å². The van der Waals surface area contributed by atoms with E-state index in [2.05, 4.69) is 54.9 Å². The highest BCUT2D eigenvalue weighted by Gasteiger charge is 2.51. The monoisotopic (exact) mass is 267 g/mol. The van der Waals surface area contributed by atoms with Crippen molar-refractivity contribution in [3.05, 3.63) is 33.8 Å². The van der Waals surface area contributed by atoms with E-state index in [1.165, 1.54) is 11.1 Å². The van der Waals surface area contributed by atoms with Crippen molar-refractivity contribution in [2.24, 2.45) is 5.73 Å². The molecule has 1 aliphatic rings. The molecule has 0 heterocycles. The minimum atomic E-state index is 0.0141. The lowest BCUT2D eigenvalue weighted by Crippen LogP contribution is -2.43. The first-order valence-electron chi connectivity index (χ1n) is 5.42. The maximum absolute atomic E-state index is 6.34. The van der Waals surface area contributed by atoms with E-state index in [1.54, 1.807) is 0 Å². The van der Waals surface area contributed by atoms with Crippen LogP contribution in [0.2, 0.25) is 0 Å². The Morgan fingerprint density at radius 1 is 1.27 bits per heavy atom. The van der Waals surface area contributed by atoms with E-state index in [1.807, 2.05) is 0 Å². The first-order chi connectivity index (χ1) is 6.85. The van der Waals surface area contributed by atoms with Crippen molar-refractivity contribution >= 4 is 15.9 Å². The second-order valence-electron chi connectivity index (χ2n) is 5.30. The summed E-state index contributed by atoms with van der Waals surface area (Å²) in [6.07, 6.45) is 2.29. The molecule has 1 saturated carbocycles. The molecule has 0 aliphatic heterocycles. The van der Waals surface area contributed by atoms with Crippen LogP contribution in [0.3, 0.4) is 0 Å². The van der Waals surface area contributed by atoms with Crippen LogP contribution in [0.5, 0.6) is 0 Å². The Labute approximate surface area is 100 Å². The number of hydrogen-bond donors (Lipinski definition) is 1. The summed E-state index contributed by atoms with van der Waals surface area (Å²) < 4.78 is 1.15. The Morgan fingerprint density at radius 3 is 2.33 bits per heavy atom. The highest BCUT2D eigenvalue weighted by molar-refractivity contribution is 9.10. The molecular formula is C13H18BrN. The van der Waals surface area contributed by atoms with Crippen molar-refractivity contribution in [2.75, 3.05) is 0 Å². The highest BCUT2D eigenvalue weighted by Crippen LogP contribution is 2.49. The lowest BCUT2D eigenvalue weighted by atomic mass is 9.75. The molecule has 0 unspecified atom stereocenters. The van der Waals surface area contributed by atoms with Gasteiger partial charge < -0.3 is 5.73 Å². The third-order valence-electron chi connectivity index (χ3n) is 3.80. The molecule has 1 fully saturated rings. The SMILES string of the molecule is Cc1cc(Br)cc(C(C)(C)C2(N)CC2)c1. The molecule has 1 aromatic carbocycles. The minimum absolute atomic E-state index is 0.0141. The fourth-order valence-electron chi connectivity index (χ4n) is 2.14. The molecule has 2 N–H and O–H groups in total. The molecule has 0 amide bonds. The van der Waals surface area contributed by atoms with Gasteiger partial charge in [0.15, 0.2) is 0 Å². The molecule has 0 radical (unpaired) electrons. The van der Waals surface area contributed by atoms with Crippen LogP contribution in [0.25, 0.3) is 0 Å². The third-order valence-corrected chi connectivity index (χ3v) is 4.26. The number of benzene rings is 1. The summed E-state index contributed by atoms with van der Waals surface area (Å²) in [6.45, 7) is 6.63. The summed E-state index contributed by atoms with van der Waals surface area (Å²) in [7, 11) is 0. The first-order valence-corrected chi connectivity index (χ1v) is 6.21. The number of hydrogen-bond acceptors (Lipinski definition) is 1. The predicted molar refractivity (Wildman–Crippen MR) is 68.1 cm³/mol. The molecule has 2 rings (SSSR count). The Bertz CT molecular complexity index is 371. The Morgan fingerprint density at radius 2 is 1.87 bits per heavy atom. The number of aryl methyl sites for hydroxylation is 1. The molecular weight excluding hydrogens is 250 g/mol. The zero-order valence-electron chi connectivity index (χ0n) is 9.60. The van der Waals surface area contributed by atoms with Crippen molar-refractivity contribution in [1.29, 1.82) is 0 Å². The highest BCUT2D eigenvalue weighted by atomic mass is 79.9. The maximum Gasteiger partial charge on any atom is 0.0248 e. The van der Waals surface area contributed by atoms with Crippen molar-refractivity contribution in [1.82, 2.24) is 0 Å². The van der Waals surface area contributed by atoms with Gasteiger partial charge in [-0.05, 0) is 43.0 Å². The van der Waals surface area contributed by atoms with Crippen LogP contribution in [0.1, 0.15) is 37.8 Å². The Hall–Kier alpha value is -0.340. The van der Waals surface area contributed by atoms with E-state index in [0.29, 0.717) is 0 Å². The molecule has 2 heteroatoms. The van der Waals surface area contributed by atoms with Gasteiger partial charge in [0.05, 0.1) is 0 Å². The van der Waals surface area contributed by atoms with Crippen LogP contribution in [0, 0.1) is 6.92 Å². The number of halogens is 1. The van der Waals surface area contributed by atoms with Gasteiger partial charge in [-0.3, -0.25) is 0 Å². The fourth-order valence-corrected chi connectivity index (χ4v) is 2.75. The second kappa shape index (κ2) is 3.33.